The highest BCUT2D eigenvalue weighted by Gasteiger charge is 2.17. The predicted octanol–water partition coefficient (Wildman–Crippen LogP) is 2.07. The number of hydrogen-bond donors (Lipinski definition) is 2. The maximum atomic E-state index is 12.1. The van der Waals surface area contributed by atoms with Crippen LogP contribution in [0, 0.1) is 6.92 Å². The van der Waals surface area contributed by atoms with E-state index in [9.17, 15) is 8.42 Å². The Kier molecular flexibility index (Phi) is 5.28. The van der Waals surface area contributed by atoms with Gasteiger partial charge in [0.1, 0.15) is 4.21 Å². The van der Waals surface area contributed by atoms with Crippen molar-refractivity contribution in [1.82, 2.24) is 15.0 Å². The lowest BCUT2D eigenvalue weighted by molar-refractivity contribution is 0.579. The molecule has 20 heavy (non-hydrogen) atoms. The normalized spacial score (nSPS) is 11.9. The number of aromatic nitrogens is 1. The van der Waals surface area contributed by atoms with Crippen molar-refractivity contribution in [3.8, 4) is 10.6 Å². The van der Waals surface area contributed by atoms with E-state index in [-0.39, 0.29) is 0 Å². The fourth-order valence-corrected chi connectivity index (χ4v) is 4.63. The molecule has 0 saturated carbocycles. The molecule has 0 atom stereocenters. The number of nitrogens with one attached hydrogen (secondary N) is 2. The van der Waals surface area contributed by atoms with Gasteiger partial charge in [-0.15, -0.1) is 22.7 Å². The Morgan fingerprint density at radius 2 is 2.10 bits per heavy atom. The first-order chi connectivity index (χ1) is 9.53. The number of nitrogens with zero attached hydrogens (tertiary/aromatic N) is 1. The topological polar surface area (TPSA) is 71.1 Å². The van der Waals surface area contributed by atoms with Gasteiger partial charge in [0.2, 0.25) is 10.0 Å². The molecule has 0 radical (unpaired) electrons. The highest BCUT2D eigenvalue weighted by atomic mass is 32.2. The molecule has 0 spiro atoms. The zero-order valence-corrected chi connectivity index (χ0v) is 13.8. The minimum absolute atomic E-state index is 0.328. The molecule has 2 aromatic rings. The van der Waals surface area contributed by atoms with Crippen LogP contribution in [-0.4, -0.2) is 33.0 Å². The standard InChI is InChI=1S/C12H17N3O2S3/c1-3-13-6-7-14-20(16,17)12-5-4-11(19-12)10-8-18-9(2)15-10/h4-5,8,13-14H,3,6-7H2,1-2H3. The van der Waals surface area contributed by atoms with Crippen molar-refractivity contribution >= 4 is 32.7 Å². The van der Waals surface area contributed by atoms with Gasteiger partial charge in [0.05, 0.1) is 15.6 Å². The fraction of sp³-hybridized carbons (Fsp3) is 0.417. The van der Waals surface area contributed by atoms with Gasteiger partial charge in [-0.1, -0.05) is 6.92 Å². The lowest BCUT2D eigenvalue weighted by atomic mass is 10.4. The van der Waals surface area contributed by atoms with Crippen LogP contribution in [0.1, 0.15) is 11.9 Å². The molecule has 2 N–H and O–H groups in total. The van der Waals surface area contributed by atoms with Crippen molar-refractivity contribution < 1.29 is 8.42 Å². The number of hydrogen-bond acceptors (Lipinski definition) is 6. The minimum atomic E-state index is -3.42. The monoisotopic (exact) mass is 331 g/mol. The maximum Gasteiger partial charge on any atom is 0.250 e. The van der Waals surface area contributed by atoms with E-state index in [2.05, 4.69) is 15.0 Å². The second-order valence-corrected chi connectivity index (χ2v) is 8.26. The van der Waals surface area contributed by atoms with Crippen molar-refractivity contribution in [3.63, 3.8) is 0 Å². The molecule has 0 aliphatic rings. The summed E-state index contributed by atoms with van der Waals surface area (Å²) in [6.45, 7) is 5.75. The van der Waals surface area contributed by atoms with Gasteiger partial charge in [0, 0.05) is 18.5 Å². The molecule has 0 unspecified atom stereocenters. The highest BCUT2D eigenvalue weighted by molar-refractivity contribution is 7.91. The summed E-state index contributed by atoms with van der Waals surface area (Å²) in [5.74, 6) is 0. The molecular formula is C12H17N3O2S3. The molecular weight excluding hydrogens is 314 g/mol. The quantitative estimate of drug-likeness (QED) is 0.762. The van der Waals surface area contributed by atoms with E-state index in [1.54, 1.807) is 23.5 Å². The van der Waals surface area contributed by atoms with Crippen LogP contribution >= 0.6 is 22.7 Å². The lowest BCUT2D eigenvalue weighted by Gasteiger charge is -2.04. The Morgan fingerprint density at radius 1 is 1.30 bits per heavy atom. The summed E-state index contributed by atoms with van der Waals surface area (Å²) in [5.41, 5.74) is 0.839. The lowest BCUT2D eigenvalue weighted by Crippen LogP contribution is -2.31. The average Bonchev–Trinajstić information content (AvgIpc) is 3.03. The molecule has 0 aromatic carbocycles. The molecule has 0 aliphatic carbocycles. The van der Waals surface area contributed by atoms with Gasteiger partial charge in [0.15, 0.2) is 0 Å². The molecule has 110 valence electrons. The van der Waals surface area contributed by atoms with Gasteiger partial charge in [-0.05, 0) is 25.6 Å². The molecule has 2 rings (SSSR count). The van der Waals surface area contributed by atoms with Crippen LogP contribution in [0.3, 0.4) is 0 Å². The fourth-order valence-electron chi connectivity index (χ4n) is 1.60. The van der Waals surface area contributed by atoms with E-state index < -0.39 is 10.0 Å². The Labute approximate surface area is 127 Å². The third-order valence-electron chi connectivity index (χ3n) is 2.56. The number of likely N-dealkylation sites (N-methyl/N-ethyl adjacent to an activating group) is 1. The van der Waals surface area contributed by atoms with Gasteiger partial charge >= 0.3 is 0 Å². The van der Waals surface area contributed by atoms with Gasteiger partial charge in [-0.3, -0.25) is 0 Å². The van der Waals surface area contributed by atoms with Crippen LogP contribution in [0.2, 0.25) is 0 Å². The van der Waals surface area contributed by atoms with Crippen molar-refractivity contribution in [1.29, 1.82) is 0 Å². The summed E-state index contributed by atoms with van der Waals surface area (Å²) in [4.78, 5) is 5.24. The third-order valence-corrected chi connectivity index (χ3v) is 6.40. The first-order valence-electron chi connectivity index (χ1n) is 6.25. The van der Waals surface area contributed by atoms with E-state index in [0.717, 1.165) is 22.1 Å². The zero-order valence-electron chi connectivity index (χ0n) is 11.3. The SMILES string of the molecule is CCNCCNS(=O)(=O)c1ccc(-c2csc(C)n2)s1. The second-order valence-electron chi connectivity index (χ2n) is 4.12. The molecule has 2 aromatic heterocycles. The van der Waals surface area contributed by atoms with Crippen LogP contribution in [0.4, 0.5) is 0 Å². The largest absolute Gasteiger partial charge is 0.316 e. The van der Waals surface area contributed by atoms with E-state index in [1.165, 1.54) is 11.3 Å². The van der Waals surface area contributed by atoms with Crippen LogP contribution in [0.15, 0.2) is 21.7 Å². The maximum absolute atomic E-state index is 12.1. The minimum Gasteiger partial charge on any atom is -0.316 e. The molecule has 0 saturated heterocycles. The molecule has 2 heterocycles. The third kappa shape index (κ3) is 3.86. The molecule has 0 amide bonds. The Bertz CT molecular complexity index is 661. The van der Waals surface area contributed by atoms with E-state index in [1.807, 2.05) is 19.2 Å². The van der Waals surface area contributed by atoms with Gasteiger partial charge in [-0.25, -0.2) is 18.1 Å². The van der Waals surface area contributed by atoms with Crippen molar-refractivity contribution in [2.45, 2.75) is 18.1 Å². The molecule has 0 fully saturated rings. The van der Waals surface area contributed by atoms with Gasteiger partial charge in [-0.2, -0.15) is 0 Å². The number of sulfonamides is 1. The van der Waals surface area contributed by atoms with Crippen molar-refractivity contribution in [3.05, 3.63) is 22.5 Å². The summed E-state index contributed by atoms with van der Waals surface area (Å²) in [6.07, 6.45) is 0. The van der Waals surface area contributed by atoms with Gasteiger partial charge < -0.3 is 5.32 Å². The van der Waals surface area contributed by atoms with E-state index >= 15 is 0 Å². The Hall–Kier alpha value is -0.800. The van der Waals surface area contributed by atoms with Crippen LogP contribution < -0.4 is 10.0 Å². The second kappa shape index (κ2) is 6.77. The van der Waals surface area contributed by atoms with E-state index in [4.69, 9.17) is 0 Å². The van der Waals surface area contributed by atoms with Crippen LogP contribution in [-0.2, 0) is 10.0 Å². The predicted molar refractivity (Wildman–Crippen MR) is 83.9 cm³/mol. The summed E-state index contributed by atoms with van der Waals surface area (Å²) in [5, 5.41) is 5.99. The van der Waals surface area contributed by atoms with Crippen molar-refractivity contribution in [2.75, 3.05) is 19.6 Å². The zero-order chi connectivity index (χ0) is 14.6. The number of thiazole rings is 1. The first-order valence-corrected chi connectivity index (χ1v) is 9.43. The van der Waals surface area contributed by atoms with Crippen LogP contribution in [0.25, 0.3) is 10.6 Å². The first kappa shape index (κ1) is 15.6. The number of aryl methyl sites for hydroxylation is 1. The summed E-state index contributed by atoms with van der Waals surface area (Å²) in [7, 11) is -3.42. The molecule has 8 heteroatoms. The smallest absolute Gasteiger partial charge is 0.250 e. The summed E-state index contributed by atoms with van der Waals surface area (Å²) >= 11 is 2.80. The van der Waals surface area contributed by atoms with Gasteiger partial charge in [0.25, 0.3) is 0 Å². The Balaban J connectivity index is 2.07. The summed E-state index contributed by atoms with van der Waals surface area (Å²) in [6, 6.07) is 3.43. The highest BCUT2D eigenvalue weighted by Crippen LogP contribution is 2.31. The molecule has 0 aliphatic heterocycles. The molecule has 5 nitrogen and oxygen atoms in total. The number of rotatable bonds is 7. The summed E-state index contributed by atoms with van der Waals surface area (Å²) < 4.78 is 27.1. The average molecular weight is 331 g/mol. The Morgan fingerprint density at radius 3 is 2.75 bits per heavy atom. The van der Waals surface area contributed by atoms with Crippen molar-refractivity contribution in [2.24, 2.45) is 0 Å². The number of thiophene rings is 1. The molecule has 0 bridgehead atoms. The van der Waals surface area contributed by atoms with E-state index in [0.29, 0.717) is 17.3 Å². The van der Waals surface area contributed by atoms with Crippen LogP contribution in [0.5, 0.6) is 0 Å².